The molecule has 0 aromatic heterocycles. The van der Waals surface area contributed by atoms with Gasteiger partial charge in [-0.2, -0.15) is 0 Å². The van der Waals surface area contributed by atoms with E-state index in [-0.39, 0.29) is 31.3 Å². The molecular weight excluding hydrogens is 470 g/mol. The van der Waals surface area contributed by atoms with E-state index in [1.54, 1.807) is 12.1 Å². The molecule has 0 aliphatic rings. The Balaban J connectivity index is 2.46. The molecule has 11 heteroatoms. The van der Waals surface area contributed by atoms with E-state index >= 15 is 0 Å². The molecule has 1 aromatic rings. The topological polar surface area (TPSA) is 149 Å². The van der Waals surface area contributed by atoms with E-state index in [0.717, 1.165) is 5.56 Å². The smallest absolute Gasteiger partial charge is 0.408 e. The lowest BCUT2D eigenvalue weighted by atomic mass is 10.0. The molecule has 3 amide bonds. The number of esters is 2. The van der Waals surface area contributed by atoms with Crippen LogP contribution in [0.4, 0.5) is 4.79 Å². The molecule has 0 aliphatic heterocycles. The van der Waals surface area contributed by atoms with E-state index in [9.17, 15) is 24.0 Å². The first-order valence-corrected chi connectivity index (χ1v) is 11.5. The van der Waals surface area contributed by atoms with Gasteiger partial charge in [-0.05, 0) is 31.7 Å². The summed E-state index contributed by atoms with van der Waals surface area (Å²) < 4.78 is 14.8. The summed E-state index contributed by atoms with van der Waals surface area (Å²) >= 11 is 0. The fourth-order valence-electron chi connectivity index (χ4n) is 2.77. The molecule has 0 aliphatic carbocycles. The molecule has 3 N–H and O–H groups in total. The lowest BCUT2D eigenvalue weighted by molar-refractivity contribution is -0.149. The summed E-state index contributed by atoms with van der Waals surface area (Å²) in [4.78, 5) is 60.2. The van der Waals surface area contributed by atoms with Crippen LogP contribution in [0, 0.1) is 5.92 Å². The van der Waals surface area contributed by atoms with E-state index in [1.807, 2.05) is 32.0 Å². The lowest BCUT2D eigenvalue weighted by Crippen LogP contribution is -2.53. The summed E-state index contributed by atoms with van der Waals surface area (Å²) in [5.74, 6) is -2.45. The second-order valence-electron chi connectivity index (χ2n) is 8.47. The molecule has 0 radical (unpaired) electrons. The minimum absolute atomic E-state index is 0.0495. The van der Waals surface area contributed by atoms with Crippen molar-refractivity contribution in [2.45, 2.75) is 52.8 Å². The number of carbonyl (C=O) groups excluding carboxylic acids is 5. The Morgan fingerprint density at radius 3 is 2.14 bits per heavy atom. The number of amides is 3. The van der Waals surface area contributed by atoms with Crippen LogP contribution in [-0.4, -0.2) is 61.7 Å². The third kappa shape index (κ3) is 12.5. The summed E-state index contributed by atoms with van der Waals surface area (Å²) in [6, 6.07) is 7.19. The zero-order chi connectivity index (χ0) is 27.1. The van der Waals surface area contributed by atoms with E-state index < -0.39 is 48.5 Å². The highest BCUT2D eigenvalue weighted by molar-refractivity contribution is 5.92. The number of hydrogen-bond donors (Lipinski definition) is 3. The number of nitrogens with one attached hydrogen (secondary N) is 3. The van der Waals surface area contributed by atoms with E-state index in [1.165, 1.54) is 13.8 Å². The van der Waals surface area contributed by atoms with Crippen LogP contribution in [0.5, 0.6) is 0 Å². The Bertz CT molecular complexity index is 917. The molecule has 0 bridgehead atoms. The molecule has 1 rings (SSSR count). The van der Waals surface area contributed by atoms with Gasteiger partial charge in [0, 0.05) is 5.57 Å². The largest absolute Gasteiger partial charge is 0.461 e. The number of alkyl carbamates (subject to hydrolysis) is 1. The highest BCUT2D eigenvalue weighted by Crippen LogP contribution is 2.07. The Labute approximate surface area is 210 Å². The predicted molar refractivity (Wildman–Crippen MR) is 130 cm³/mol. The maximum atomic E-state index is 12.7. The van der Waals surface area contributed by atoms with Gasteiger partial charge < -0.3 is 30.2 Å². The molecule has 36 heavy (non-hydrogen) atoms. The third-order valence-corrected chi connectivity index (χ3v) is 4.62. The number of benzene rings is 1. The van der Waals surface area contributed by atoms with Crippen molar-refractivity contribution in [3.63, 3.8) is 0 Å². The second kappa shape index (κ2) is 15.9. The first kappa shape index (κ1) is 30.1. The zero-order valence-corrected chi connectivity index (χ0v) is 21.1. The summed E-state index contributed by atoms with van der Waals surface area (Å²) in [6.45, 7) is 9.42. The maximum absolute atomic E-state index is 12.7. The van der Waals surface area contributed by atoms with Crippen LogP contribution in [-0.2, 0) is 40.0 Å². The van der Waals surface area contributed by atoms with Crippen molar-refractivity contribution >= 4 is 29.8 Å². The number of ether oxygens (including phenoxy) is 3. The Kier molecular flexibility index (Phi) is 13.3. The van der Waals surface area contributed by atoms with Crippen LogP contribution in [0.3, 0.4) is 0 Å². The molecule has 0 spiro atoms. The second-order valence-corrected chi connectivity index (χ2v) is 8.47. The van der Waals surface area contributed by atoms with E-state index in [0.29, 0.717) is 6.42 Å². The Morgan fingerprint density at radius 1 is 0.889 bits per heavy atom. The molecule has 198 valence electrons. The van der Waals surface area contributed by atoms with Crippen LogP contribution in [0.2, 0.25) is 0 Å². The summed E-state index contributed by atoms with van der Waals surface area (Å²) in [5.41, 5.74) is 1.02. The van der Waals surface area contributed by atoms with Crippen LogP contribution in [0.1, 0.15) is 39.7 Å². The van der Waals surface area contributed by atoms with E-state index in [4.69, 9.17) is 14.2 Å². The first-order chi connectivity index (χ1) is 17.0. The van der Waals surface area contributed by atoms with Crippen molar-refractivity contribution in [3.05, 3.63) is 48.0 Å². The average Bonchev–Trinajstić information content (AvgIpc) is 2.83. The number of rotatable bonds is 14. The Morgan fingerprint density at radius 2 is 1.53 bits per heavy atom. The van der Waals surface area contributed by atoms with Crippen molar-refractivity contribution in [2.24, 2.45) is 5.92 Å². The zero-order valence-electron chi connectivity index (χ0n) is 21.1. The number of hydrogen-bond acceptors (Lipinski definition) is 8. The summed E-state index contributed by atoms with van der Waals surface area (Å²) in [6.07, 6.45) is -0.434. The maximum Gasteiger partial charge on any atom is 0.408 e. The van der Waals surface area contributed by atoms with Gasteiger partial charge in [-0.25, -0.2) is 9.59 Å². The van der Waals surface area contributed by atoms with Gasteiger partial charge in [0.05, 0.1) is 0 Å². The Hall–Kier alpha value is -3.89. The van der Waals surface area contributed by atoms with Crippen LogP contribution < -0.4 is 16.0 Å². The molecule has 0 saturated heterocycles. The first-order valence-electron chi connectivity index (χ1n) is 11.5. The van der Waals surface area contributed by atoms with Crippen molar-refractivity contribution < 1.29 is 38.2 Å². The van der Waals surface area contributed by atoms with Crippen molar-refractivity contribution in [3.8, 4) is 0 Å². The van der Waals surface area contributed by atoms with Gasteiger partial charge in [0.1, 0.15) is 38.4 Å². The quantitative estimate of drug-likeness (QED) is 0.149. The lowest BCUT2D eigenvalue weighted by Gasteiger charge is -2.22. The summed E-state index contributed by atoms with van der Waals surface area (Å²) in [7, 11) is 0. The van der Waals surface area contributed by atoms with Crippen LogP contribution >= 0.6 is 0 Å². The number of carbonyl (C=O) groups is 5. The highest BCUT2D eigenvalue weighted by Gasteiger charge is 2.26. The SMILES string of the molecule is C=C(C)C(=O)OCCOC(=O)CNC(=O)[C@H](C)NC(=O)[C@H](CC(C)C)NC(=O)OCc1ccccc1. The van der Waals surface area contributed by atoms with Gasteiger partial charge in [0.25, 0.3) is 0 Å². The van der Waals surface area contributed by atoms with Gasteiger partial charge in [-0.1, -0.05) is 50.8 Å². The van der Waals surface area contributed by atoms with Crippen LogP contribution in [0.25, 0.3) is 0 Å². The molecule has 0 fully saturated rings. The molecule has 11 nitrogen and oxygen atoms in total. The molecule has 2 atom stereocenters. The predicted octanol–water partition coefficient (Wildman–Crippen LogP) is 1.61. The van der Waals surface area contributed by atoms with Gasteiger partial charge in [-0.3, -0.25) is 14.4 Å². The van der Waals surface area contributed by atoms with Gasteiger partial charge >= 0.3 is 18.0 Å². The van der Waals surface area contributed by atoms with Crippen molar-refractivity contribution in [2.75, 3.05) is 19.8 Å². The van der Waals surface area contributed by atoms with Gasteiger partial charge in [0.15, 0.2) is 0 Å². The van der Waals surface area contributed by atoms with Crippen molar-refractivity contribution in [1.29, 1.82) is 0 Å². The molecular formula is C25H35N3O8. The molecule has 0 saturated carbocycles. The molecule has 0 unspecified atom stereocenters. The van der Waals surface area contributed by atoms with E-state index in [2.05, 4.69) is 22.5 Å². The fraction of sp³-hybridized carbons (Fsp3) is 0.480. The average molecular weight is 506 g/mol. The van der Waals surface area contributed by atoms with Crippen LogP contribution in [0.15, 0.2) is 42.5 Å². The molecule has 1 aromatic carbocycles. The van der Waals surface area contributed by atoms with Gasteiger partial charge in [0.2, 0.25) is 11.8 Å². The monoisotopic (exact) mass is 505 g/mol. The van der Waals surface area contributed by atoms with Gasteiger partial charge in [-0.15, -0.1) is 0 Å². The molecule has 0 heterocycles. The van der Waals surface area contributed by atoms with Crippen molar-refractivity contribution in [1.82, 2.24) is 16.0 Å². The fourth-order valence-corrected chi connectivity index (χ4v) is 2.77. The standard InChI is InChI=1S/C25H35N3O8/c1-16(2)13-20(28-25(33)36-15-19-9-7-6-8-10-19)23(31)27-18(5)22(30)26-14-21(29)34-11-12-35-24(32)17(3)4/h6-10,16,18,20H,3,11-15H2,1-2,4-5H3,(H,26,30)(H,27,31)(H,28,33)/t18-,20-/m0/s1. The normalized spacial score (nSPS) is 12.0. The minimum Gasteiger partial charge on any atom is -0.461 e. The summed E-state index contributed by atoms with van der Waals surface area (Å²) in [5, 5.41) is 7.41. The minimum atomic E-state index is -0.987. The third-order valence-electron chi connectivity index (χ3n) is 4.62. The highest BCUT2D eigenvalue weighted by atomic mass is 16.6.